The summed E-state index contributed by atoms with van der Waals surface area (Å²) in [5.41, 5.74) is 3.18. The van der Waals surface area contributed by atoms with Crippen LogP contribution in [0.15, 0.2) is 18.2 Å². The molecule has 0 bridgehead atoms. The van der Waals surface area contributed by atoms with Crippen molar-refractivity contribution >= 4 is 17.5 Å². The number of aryl methyl sites for hydroxylation is 2. The van der Waals surface area contributed by atoms with Crippen LogP contribution in [0.5, 0.6) is 0 Å². The zero-order valence-electron chi connectivity index (χ0n) is 13.1. The maximum Gasteiger partial charge on any atom is 0.229 e. The summed E-state index contributed by atoms with van der Waals surface area (Å²) in [6, 6.07) is 6.07. The van der Waals surface area contributed by atoms with Crippen LogP contribution in [0.3, 0.4) is 0 Å². The minimum atomic E-state index is -0.105. The fraction of sp³-hybridized carbons (Fsp3) is 0.529. The lowest BCUT2D eigenvalue weighted by Crippen LogP contribution is -2.42. The van der Waals surface area contributed by atoms with Gasteiger partial charge in [0.15, 0.2) is 0 Å². The molecule has 4 nitrogen and oxygen atoms in total. The molecular formula is C17H24N2O2. The first-order valence-corrected chi connectivity index (χ1v) is 7.67. The quantitative estimate of drug-likeness (QED) is 0.929. The average molecular weight is 288 g/mol. The normalized spacial score (nSPS) is 18.4. The van der Waals surface area contributed by atoms with Gasteiger partial charge < -0.3 is 10.2 Å². The lowest BCUT2D eigenvalue weighted by atomic mass is 9.96. The number of likely N-dealkylation sites (tertiary alicyclic amines) is 1. The van der Waals surface area contributed by atoms with E-state index in [4.69, 9.17) is 0 Å². The van der Waals surface area contributed by atoms with E-state index in [1.165, 1.54) is 0 Å². The summed E-state index contributed by atoms with van der Waals surface area (Å²) < 4.78 is 0. The Kier molecular flexibility index (Phi) is 4.99. The highest BCUT2D eigenvalue weighted by atomic mass is 16.2. The molecule has 2 rings (SSSR count). The summed E-state index contributed by atoms with van der Waals surface area (Å²) in [4.78, 5) is 25.8. The van der Waals surface area contributed by atoms with Crippen molar-refractivity contribution in [3.8, 4) is 0 Å². The fourth-order valence-corrected chi connectivity index (χ4v) is 2.90. The highest BCUT2D eigenvalue weighted by molar-refractivity contribution is 5.94. The Morgan fingerprint density at radius 2 is 2.14 bits per heavy atom. The SMILES string of the molecule is CCc1cccc(C)c1NC(=O)C1CCCN(C(C)=O)C1. The summed E-state index contributed by atoms with van der Waals surface area (Å²) in [7, 11) is 0. The number of nitrogens with zero attached hydrogens (tertiary/aromatic N) is 1. The van der Waals surface area contributed by atoms with Crippen molar-refractivity contribution in [1.82, 2.24) is 4.90 Å². The number of rotatable bonds is 3. The first-order valence-electron chi connectivity index (χ1n) is 7.67. The molecule has 4 heteroatoms. The second-order valence-corrected chi connectivity index (χ2v) is 5.76. The first kappa shape index (κ1) is 15.5. The third kappa shape index (κ3) is 3.63. The van der Waals surface area contributed by atoms with Gasteiger partial charge in [0.25, 0.3) is 0 Å². The molecule has 1 fully saturated rings. The number of amides is 2. The number of hydrogen-bond donors (Lipinski definition) is 1. The second-order valence-electron chi connectivity index (χ2n) is 5.76. The molecule has 1 unspecified atom stereocenters. The molecular weight excluding hydrogens is 264 g/mol. The molecule has 114 valence electrons. The molecule has 1 aromatic rings. The van der Waals surface area contributed by atoms with Gasteiger partial charge in [-0.15, -0.1) is 0 Å². The van der Waals surface area contributed by atoms with Crippen molar-refractivity contribution in [2.75, 3.05) is 18.4 Å². The molecule has 0 saturated carbocycles. The molecule has 0 spiro atoms. The van der Waals surface area contributed by atoms with E-state index in [1.807, 2.05) is 25.1 Å². The molecule has 1 N–H and O–H groups in total. The van der Waals surface area contributed by atoms with Crippen molar-refractivity contribution in [1.29, 1.82) is 0 Å². The molecule has 1 aliphatic heterocycles. The molecule has 1 aliphatic rings. The van der Waals surface area contributed by atoms with Crippen LogP contribution in [0, 0.1) is 12.8 Å². The van der Waals surface area contributed by atoms with Crippen molar-refractivity contribution in [3.63, 3.8) is 0 Å². The van der Waals surface area contributed by atoms with E-state index >= 15 is 0 Å². The third-order valence-corrected chi connectivity index (χ3v) is 4.23. The van der Waals surface area contributed by atoms with Gasteiger partial charge in [0.2, 0.25) is 11.8 Å². The van der Waals surface area contributed by atoms with Gasteiger partial charge >= 0.3 is 0 Å². The Labute approximate surface area is 126 Å². The Morgan fingerprint density at radius 1 is 1.38 bits per heavy atom. The van der Waals surface area contributed by atoms with Gasteiger partial charge in [-0.1, -0.05) is 25.1 Å². The summed E-state index contributed by atoms with van der Waals surface area (Å²) in [5, 5.41) is 3.08. The number of benzene rings is 1. The fourth-order valence-electron chi connectivity index (χ4n) is 2.90. The Morgan fingerprint density at radius 3 is 2.81 bits per heavy atom. The number of anilines is 1. The smallest absolute Gasteiger partial charge is 0.229 e. The van der Waals surface area contributed by atoms with Gasteiger partial charge in [0.1, 0.15) is 0 Å². The number of para-hydroxylation sites is 1. The van der Waals surface area contributed by atoms with Gasteiger partial charge in [0, 0.05) is 25.7 Å². The van der Waals surface area contributed by atoms with Gasteiger partial charge in [-0.2, -0.15) is 0 Å². The highest BCUT2D eigenvalue weighted by Gasteiger charge is 2.27. The second kappa shape index (κ2) is 6.74. The monoisotopic (exact) mass is 288 g/mol. The summed E-state index contributed by atoms with van der Waals surface area (Å²) >= 11 is 0. The van der Waals surface area contributed by atoms with E-state index in [0.29, 0.717) is 6.54 Å². The summed E-state index contributed by atoms with van der Waals surface area (Å²) in [6.07, 6.45) is 2.64. The van der Waals surface area contributed by atoms with Crippen LogP contribution in [-0.4, -0.2) is 29.8 Å². The molecule has 2 amide bonds. The van der Waals surface area contributed by atoms with Crippen molar-refractivity contribution in [2.24, 2.45) is 5.92 Å². The van der Waals surface area contributed by atoms with E-state index in [2.05, 4.69) is 12.2 Å². The van der Waals surface area contributed by atoms with Gasteiger partial charge in [-0.25, -0.2) is 0 Å². The van der Waals surface area contributed by atoms with E-state index in [-0.39, 0.29) is 17.7 Å². The van der Waals surface area contributed by atoms with E-state index in [1.54, 1.807) is 11.8 Å². The number of carbonyl (C=O) groups excluding carboxylic acids is 2. The molecule has 1 atom stereocenters. The third-order valence-electron chi connectivity index (χ3n) is 4.23. The lowest BCUT2D eigenvalue weighted by Gasteiger charge is -2.31. The molecule has 1 saturated heterocycles. The van der Waals surface area contributed by atoms with Crippen molar-refractivity contribution in [3.05, 3.63) is 29.3 Å². The summed E-state index contributed by atoms with van der Waals surface area (Å²) in [6.45, 7) is 6.97. The van der Waals surface area contributed by atoms with Crippen LogP contribution in [0.25, 0.3) is 0 Å². The van der Waals surface area contributed by atoms with Gasteiger partial charge in [-0.3, -0.25) is 9.59 Å². The molecule has 0 radical (unpaired) electrons. The predicted octanol–water partition coefficient (Wildman–Crippen LogP) is 2.75. The number of hydrogen-bond acceptors (Lipinski definition) is 2. The van der Waals surface area contributed by atoms with E-state index in [9.17, 15) is 9.59 Å². The number of piperidine rings is 1. The van der Waals surface area contributed by atoms with Crippen LogP contribution in [0.1, 0.15) is 37.8 Å². The van der Waals surface area contributed by atoms with Gasteiger partial charge in [-0.05, 0) is 37.3 Å². The topological polar surface area (TPSA) is 49.4 Å². The maximum absolute atomic E-state index is 12.5. The zero-order chi connectivity index (χ0) is 15.4. The number of nitrogens with one attached hydrogen (secondary N) is 1. The van der Waals surface area contributed by atoms with Gasteiger partial charge in [0.05, 0.1) is 5.92 Å². The van der Waals surface area contributed by atoms with Crippen LogP contribution in [0.4, 0.5) is 5.69 Å². The molecule has 0 aliphatic carbocycles. The van der Waals surface area contributed by atoms with E-state index < -0.39 is 0 Å². The largest absolute Gasteiger partial charge is 0.342 e. The molecule has 1 aromatic carbocycles. The Bertz CT molecular complexity index is 540. The average Bonchev–Trinajstić information content (AvgIpc) is 2.49. The zero-order valence-corrected chi connectivity index (χ0v) is 13.1. The molecule has 1 heterocycles. The Hall–Kier alpha value is -1.84. The first-order chi connectivity index (χ1) is 10.0. The number of carbonyl (C=O) groups is 2. The summed E-state index contributed by atoms with van der Waals surface area (Å²) in [5.74, 6) is -0.0189. The Balaban J connectivity index is 2.09. The minimum absolute atomic E-state index is 0.0324. The van der Waals surface area contributed by atoms with Crippen LogP contribution < -0.4 is 5.32 Å². The van der Waals surface area contributed by atoms with Crippen LogP contribution in [-0.2, 0) is 16.0 Å². The predicted molar refractivity (Wildman–Crippen MR) is 84.2 cm³/mol. The lowest BCUT2D eigenvalue weighted by molar-refractivity contribution is -0.132. The van der Waals surface area contributed by atoms with Crippen molar-refractivity contribution in [2.45, 2.75) is 40.0 Å². The standard InChI is InChI=1S/C17H24N2O2/c1-4-14-8-5-7-12(2)16(14)18-17(21)15-9-6-10-19(11-15)13(3)20/h5,7-8,15H,4,6,9-11H2,1-3H3,(H,18,21). The van der Waals surface area contributed by atoms with Crippen LogP contribution in [0.2, 0.25) is 0 Å². The minimum Gasteiger partial charge on any atom is -0.342 e. The van der Waals surface area contributed by atoms with Crippen molar-refractivity contribution < 1.29 is 9.59 Å². The van der Waals surface area contributed by atoms with E-state index in [0.717, 1.165) is 42.6 Å². The molecule has 0 aromatic heterocycles. The highest BCUT2D eigenvalue weighted by Crippen LogP contribution is 2.24. The maximum atomic E-state index is 12.5. The van der Waals surface area contributed by atoms with Crippen LogP contribution >= 0.6 is 0 Å². The molecule has 21 heavy (non-hydrogen) atoms.